The van der Waals surface area contributed by atoms with Crippen molar-refractivity contribution in [3.05, 3.63) is 29.8 Å². The van der Waals surface area contributed by atoms with Gasteiger partial charge in [-0.3, -0.25) is 10.2 Å². The third kappa shape index (κ3) is 3.13. The summed E-state index contributed by atoms with van der Waals surface area (Å²) in [6.07, 6.45) is 1.99. The third-order valence-corrected chi connectivity index (χ3v) is 2.55. The predicted molar refractivity (Wildman–Crippen MR) is 65.1 cm³/mol. The van der Waals surface area contributed by atoms with Crippen LogP contribution < -0.4 is 20.9 Å². The van der Waals surface area contributed by atoms with E-state index in [9.17, 15) is 9.59 Å². The second kappa shape index (κ2) is 5.39. The molecule has 0 spiro atoms. The molecule has 18 heavy (non-hydrogen) atoms. The van der Waals surface area contributed by atoms with Gasteiger partial charge in [0.05, 0.1) is 12.7 Å². The van der Waals surface area contributed by atoms with Crippen LogP contribution in [-0.4, -0.2) is 25.1 Å². The Kier molecular flexibility index (Phi) is 3.66. The van der Waals surface area contributed by atoms with Gasteiger partial charge in [-0.1, -0.05) is 12.1 Å². The molecule has 96 valence electrons. The molecule has 1 saturated carbocycles. The first-order valence-electron chi connectivity index (χ1n) is 5.70. The van der Waals surface area contributed by atoms with Gasteiger partial charge in [-0.15, -0.1) is 0 Å². The predicted octanol–water partition coefficient (Wildman–Crippen LogP) is 0.802. The van der Waals surface area contributed by atoms with Crippen LogP contribution in [0.3, 0.4) is 0 Å². The number of ether oxygens (including phenoxy) is 1. The zero-order valence-corrected chi connectivity index (χ0v) is 10.0. The van der Waals surface area contributed by atoms with E-state index in [0.717, 1.165) is 12.8 Å². The van der Waals surface area contributed by atoms with Crippen molar-refractivity contribution >= 4 is 11.9 Å². The molecule has 0 atom stereocenters. The first-order chi connectivity index (χ1) is 8.70. The quantitative estimate of drug-likeness (QED) is 0.693. The summed E-state index contributed by atoms with van der Waals surface area (Å²) >= 11 is 0. The highest BCUT2D eigenvalue weighted by atomic mass is 16.5. The van der Waals surface area contributed by atoms with Gasteiger partial charge in [-0.25, -0.2) is 10.2 Å². The highest BCUT2D eigenvalue weighted by Crippen LogP contribution is 2.18. The normalized spacial score (nSPS) is 13.6. The molecule has 6 nitrogen and oxygen atoms in total. The van der Waals surface area contributed by atoms with E-state index in [-0.39, 0.29) is 6.04 Å². The number of urea groups is 1. The molecule has 0 heterocycles. The second-order valence-corrected chi connectivity index (χ2v) is 4.03. The van der Waals surface area contributed by atoms with Crippen LogP contribution in [0.1, 0.15) is 23.2 Å². The summed E-state index contributed by atoms with van der Waals surface area (Å²) in [6.45, 7) is 0. The van der Waals surface area contributed by atoms with Gasteiger partial charge in [0.1, 0.15) is 5.75 Å². The number of para-hydroxylation sites is 1. The molecule has 1 aromatic rings. The number of hydrogen-bond donors (Lipinski definition) is 3. The molecular weight excluding hydrogens is 234 g/mol. The molecule has 0 bridgehead atoms. The lowest BCUT2D eigenvalue weighted by molar-refractivity contribution is 0.0933. The van der Waals surface area contributed by atoms with Crippen molar-refractivity contribution in [2.24, 2.45) is 0 Å². The Morgan fingerprint density at radius 2 is 1.94 bits per heavy atom. The summed E-state index contributed by atoms with van der Waals surface area (Å²) < 4.78 is 5.06. The molecule has 0 aromatic heterocycles. The molecule has 0 saturated heterocycles. The molecule has 1 aliphatic rings. The Bertz CT molecular complexity index is 458. The van der Waals surface area contributed by atoms with Crippen LogP contribution in [0.2, 0.25) is 0 Å². The SMILES string of the molecule is COc1ccccc1C(=O)NNC(=O)NC1CC1. The van der Waals surface area contributed by atoms with Crippen molar-refractivity contribution in [2.75, 3.05) is 7.11 Å². The number of methoxy groups -OCH3 is 1. The van der Waals surface area contributed by atoms with E-state index in [4.69, 9.17) is 4.74 Å². The van der Waals surface area contributed by atoms with Crippen molar-refractivity contribution in [1.29, 1.82) is 0 Å². The van der Waals surface area contributed by atoms with Gasteiger partial charge in [0.25, 0.3) is 5.91 Å². The number of hydrazine groups is 1. The Morgan fingerprint density at radius 1 is 1.22 bits per heavy atom. The van der Waals surface area contributed by atoms with Gasteiger partial charge < -0.3 is 10.1 Å². The molecule has 0 aliphatic heterocycles. The van der Waals surface area contributed by atoms with Gasteiger partial charge in [-0.2, -0.15) is 0 Å². The molecule has 1 aromatic carbocycles. The fraction of sp³-hybridized carbons (Fsp3) is 0.333. The number of benzene rings is 1. The maximum Gasteiger partial charge on any atom is 0.333 e. The zero-order valence-electron chi connectivity index (χ0n) is 10.0. The van der Waals surface area contributed by atoms with E-state index in [1.165, 1.54) is 7.11 Å². The van der Waals surface area contributed by atoms with E-state index in [0.29, 0.717) is 11.3 Å². The summed E-state index contributed by atoms with van der Waals surface area (Å²) in [5.41, 5.74) is 4.99. The van der Waals surface area contributed by atoms with Crippen LogP contribution >= 0.6 is 0 Å². The zero-order chi connectivity index (χ0) is 13.0. The molecule has 0 radical (unpaired) electrons. The minimum Gasteiger partial charge on any atom is -0.496 e. The van der Waals surface area contributed by atoms with Crippen molar-refractivity contribution < 1.29 is 14.3 Å². The van der Waals surface area contributed by atoms with Crippen LogP contribution in [0.25, 0.3) is 0 Å². The van der Waals surface area contributed by atoms with Crippen molar-refractivity contribution in [1.82, 2.24) is 16.2 Å². The number of carbonyl (C=O) groups is 2. The van der Waals surface area contributed by atoms with Gasteiger partial charge >= 0.3 is 6.03 Å². The molecule has 3 N–H and O–H groups in total. The monoisotopic (exact) mass is 249 g/mol. The fourth-order valence-corrected chi connectivity index (χ4v) is 1.46. The van der Waals surface area contributed by atoms with Gasteiger partial charge in [0, 0.05) is 6.04 Å². The lowest BCUT2D eigenvalue weighted by atomic mass is 10.2. The summed E-state index contributed by atoms with van der Waals surface area (Å²) in [5, 5.41) is 2.69. The minimum absolute atomic E-state index is 0.244. The summed E-state index contributed by atoms with van der Waals surface area (Å²) in [7, 11) is 1.49. The van der Waals surface area contributed by atoms with Gasteiger partial charge in [0.15, 0.2) is 0 Å². The largest absolute Gasteiger partial charge is 0.496 e. The lowest BCUT2D eigenvalue weighted by Crippen LogP contribution is -2.47. The number of carbonyl (C=O) groups excluding carboxylic acids is 2. The van der Waals surface area contributed by atoms with E-state index in [2.05, 4.69) is 16.2 Å². The van der Waals surface area contributed by atoms with E-state index >= 15 is 0 Å². The maximum atomic E-state index is 11.8. The number of nitrogens with one attached hydrogen (secondary N) is 3. The highest BCUT2D eigenvalue weighted by Gasteiger charge is 2.23. The number of rotatable bonds is 3. The average molecular weight is 249 g/mol. The highest BCUT2D eigenvalue weighted by molar-refractivity contribution is 5.97. The first kappa shape index (κ1) is 12.2. The van der Waals surface area contributed by atoms with Crippen LogP contribution in [0.5, 0.6) is 5.75 Å². The maximum absolute atomic E-state index is 11.8. The molecule has 1 fully saturated rings. The molecule has 1 aliphatic carbocycles. The summed E-state index contributed by atoms with van der Waals surface area (Å²) in [5.74, 6) is 0.0396. The average Bonchev–Trinajstić information content (AvgIpc) is 3.19. The standard InChI is InChI=1S/C12H15N3O3/c1-18-10-5-3-2-4-9(10)11(16)14-15-12(17)13-8-6-7-8/h2-5,8H,6-7H2,1H3,(H,14,16)(H2,13,15,17). The summed E-state index contributed by atoms with van der Waals surface area (Å²) in [4.78, 5) is 23.1. The topological polar surface area (TPSA) is 79.5 Å². The van der Waals surface area contributed by atoms with Crippen LogP contribution in [-0.2, 0) is 0 Å². The van der Waals surface area contributed by atoms with Crippen LogP contribution in [0, 0.1) is 0 Å². The molecule has 2 rings (SSSR count). The lowest BCUT2D eigenvalue weighted by Gasteiger charge is -2.10. The van der Waals surface area contributed by atoms with Crippen molar-refractivity contribution in [3.63, 3.8) is 0 Å². The molecular formula is C12H15N3O3. The van der Waals surface area contributed by atoms with Crippen LogP contribution in [0.15, 0.2) is 24.3 Å². The smallest absolute Gasteiger partial charge is 0.333 e. The van der Waals surface area contributed by atoms with Crippen molar-refractivity contribution in [3.8, 4) is 5.75 Å². The van der Waals surface area contributed by atoms with Gasteiger partial charge in [0.2, 0.25) is 0 Å². The van der Waals surface area contributed by atoms with Gasteiger partial charge in [-0.05, 0) is 25.0 Å². The molecule has 0 unspecified atom stereocenters. The van der Waals surface area contributed by atoms with E-state index < -0.39 is 11.9 Å². The third-order valence-electron chi connectivity index (χ3n) is 2.55. The minimum atomic E-state index is -0.418. The van der Waals surface area contributed by atoms with Crippen molar-refractivity contribution in [2.45, 2.75) is 18.9 Å². The van der Waals surface area contributed by atoms with E-state index in [1.54, 1.807) is 24.3 Å². The Labute approximate surface area is 105 Å². The first-order valence-corrected chi connectivity index (χ1v) is 5.70. The fourth-order valence-electron chi connectivity index (χ4n) is 1.46. The Hall–Kier alpha value is -2.24. The molecule has 6 heteroatoms. The molecule has 3 amide bonds. The summed E-state index contributed by atoms with van der Waals surface area (Å²) in [6, 6.07) is 6.63. The number of amides is 3. The Morgan fingerprint density at radius 3 is 2.61 bits per heavy atom. The Balaban J connectivity index is 1.88. The van der Waals surface area contributed by atoms with E-state index in [1.807, 2.05) is 0 Å². The second-order valence-electron chi connectivity index (χ2n) is 4.03. The van der Waals surface area contributed by atoms with Crippen LogP contribution in [0.4, 0.5) is 4.79 Å². The number of hydrogen-bond acceptors (Lipinski definition) is 3.